The molecule has 1 fully saturated rings. The number of hydrogen-bond acceptors (Lipinski definition) is 4. The van der Waals surface area contributed by atoms with E-state index in [9.17, 15) is 14.7 Å². The van der Waals surface area contributed by atoms with E-state index in [-0.39, 0.29) is 18.0 Å². The van der Waals surface area contributed by atoms with E-state index < -0.39 is 5.60 Å². The molecule has 0 radical (unpaired) electrons. The smallest absolute Gasteiger partial charge is 0.272 e. The third kappa shape index (κ3) is 3.78. The molecule has 0 saturated carbocycles. The van der Waals surface area contributed by atoms with Crippen molar-refractivity contribution < 1.29 is 9.90 Å². The summed E-state index contributed by atoms with van der Waals surface area (Å²) in [6, 6.07) is 14.5. The molecule has 150 valence electrons. The standard InChI is InChI=1S/C22H22ClN3O3/c1-15-21(28)26(19-5-3-2-4-18(19)24-15)14-20(27)25-12-10-22(29,11-13-25)16-6-8-17(23)9-7-16/h2-9,29H,10-14H2,1H3. The summed E-state index contributed by atoms with van der Waals surface area (Å²) in [6.45, 7) is 2.47. The summed E-state index contributed by atoms with van der Waals surface area (Å²) in [6.07, 6.45) is 0.872. The molecule has 3 aromatic rings. The van der Waals surface area contributed by atoms with Crippen LogP contribution in [0.2, 0.25) is 5.02 Å². The van der Waals surface area contributed by atoms with E-state index in [1.165, 1.54) is 4.57 Å². The number of hydrogen-bond donors (Lipinski definition) is 1. The second-order valence-corrected chi connectivity index (χ2v) is 7.93. The van der Waals surface area contributed by atoms with E-state index in [1.807, 2.05) is 30.3 Å². The highest BCUT2D eigenvalue weighted by molar-refractivity contribution is 6.30. The zero-order valence-corrected chi connectivity index (χ0v) is 16.9. The largest absolute Gasteiger partial charge is 0.385 e. The molecule has 4 rings (SSSR count). The Kier molecular flexibility index (Phi) is 5.15. The van der Waals surface area contributed by atoms with Gasteiger partial charge < -0.3 is 10.0 Å². The number of amides is 1. The molecular weight excluding hydrogens is 390 g/mol. The summed E-state index contributed by atoms with van der Waals surface area (Å²) in [5.41, 5.74) is 1.28. The van der Waals surface area contributed by atoms with Crippen molar-refractivity contribution in [2.24, 2.45) is 0 Å². The molecule has 29 heavy (non-hydrogen) atoms. The summed E-state index contributed by atoms with van der Waals surface area (Å²) in [5.74, 6) is -0.138. The van der Waals surface area contributed by atoms with E-state index in [0.29, 0.717) is 47.7 Å². The minimum Gasteiger partial charge on any atom is -0.385 e. The summed E-state index contributed by atoms with van der Waals surface area (Å²) >= 11 is 5.94. The lowest BCUT2D eigenvalue weighted by atomic mass is 9.84. The quantitative estimate of drug-likeness (QED) is 0.719. The van der Waals surface area contributed by atoms with E-state index >= 15 is 0 Å². The predicted molar refractivity (Wildman–Crippen MR) is 112 cm³/mol. The van der Waals surface area contributed by atoms with Crippen molar-refractivity contribution in [3.05, 3.63) is 75.2 Å². The van der Waals surface area contributed by atoms with Crippen molar-refractivity contribution in [2.75, 3.05) is 13.1 Å². The maximum absolute atomic E-state index is 12.9. The van der Waals surface area contributed by atoms with Crippen molar-refractivity contribution in [2.45, 2.75) is 31.9 Å². The zero-order valence-electron chi connectivity index (χ0n) is 16.1. The first-order valence-corrected chi connectivity index (χ1v) is 9.97. The maximum atomic E-state index is 12.9. The van der Waals surface area contributed by atoms with Gasteiger partial charge in [-0.3, -0.25) is 14.2 Å². The van der Waals surface area contributed by atoms with Gasteiger partial charge in [0.1, 0.15) is 12.2 Å². The van der Waals surface area contributed by atoms with Gasteiger partial charge in [0.15, 0.2) is 0 Å². The number of carbonyl (C=O) groups excluding carboxylic acids is 1. The molecule has 0 atom stereocenters. The number of aromatic nitrogens is 2. The highest BCUT2D eigenvalue weighted by Crippen LogP contribution is 2.33. The Bertz CT molecular complexity index is 1120. The Morgan fingerprint density at radius 1 is 1.14 bits per heavy atom. The van der Waals surface area contributed by atoms with E-state index in [2.05, 4.69) is 4.98 Å². The fourth-order valence-corrected chi connectivity index (χ4v) is 4.01. The highest BCUT2D eigenvalue weighted by Gasteiger charge is 2.35. The van der Waals surface area contributed by atoms with Gasteiger partial charge in [-0.05, 0) is 49.6 Å². The van der Waals surface area contributed by atoms with Crippen LogP contribution in [0.4, 0.5) is 0 Å². The molecule has 0 bridgehead atoms. The summed E-state index contributed by atoms with van der Waals surface area (Å²) in [7, 11) is 0. The SMILES string of the molecule is Cc1nc2ccccc2n(CC(=O)N2CCC(O)(c3ccc(Cl)cc3)CC2)c1=O. The van der Waals surface area contributed by atoms with Gasteiger partial charge in [0.2, 0.25) is 5.91 Å². The average Bonchev–Trinajstić information content (AvgIpc) is 2.72. The second kappa shape index (κ2) is 7.61. The van der Waals surface area contributed by atoms with Crippen molar-refractivity contribution >= 4 is 28.5 Å². The Balaban J connectivity index is 1.51. The van der Waals surface area contributed by atoms with Gasteiger partial charge in [-0.25, -0.2) is 4.98 Å². The van der Waals surface area contributed by atoms with Crippen LogP contribution in [0.25, 0.3) is 11.0 Å². The van der Waals surface area contributed by atoms with Crippen LogP contribution < -0.4 is 5.56 Å². The Morgan fingerprint density at radius 2 is 1.79 bits per heavy atom. The first-order chi connectivity index (χ1) is 13.9. The normalized spacial score (nSPS) is 16.2. The topological polar surface area (TPSA) is 75.4 Å². The number of benzene rings is 2. The third-order valence-electron chi connectivity index (χ3n) is 5.63. The predicted octanol–water partition coefficient (Wildman–Crippen LogP) is 2.87. The van der Waals surface area contributed by atoms with Crippen molar-refractivity contribution in [3.8, 4) is 0 Å². The van der Waals surface area contributed by atoms with Gasteiger partial charge in [0, 0.05) is 18.1 Å². The highest BCUT2D eigenvalue weighted by atomic mass is 35.5. The van der Waals surface area contributed by atoms with Crippen LogP contribution in [0, 0.1) is 6.92 Å². The number of nitrogens with zero attached hydrogens (tertiary/aromatic N) is 3. The lowest BCUT2D eigenvalue weighted by Crippen LogP contribution is -2.46. The maximum Gasteiger partial charge on any atom is 0.272 e. The number of para-hydroxylation sites is 2. The minimum absolute atomic E-state index is 0.0396. The zero-order chi connectivity index (χ0) is 20.6. The molecule has 1 saturated heterocycles. The summed E-state index contributed by atoms with van der Waals surface area (Å²) < 4.78 is 1.49. The number of carbonyl (C=O) groups is 1. The first-order valence-electron chi connectivity index (χ1n) is 9.60. The lowest BCUT2D eigenvalue weighted by Gasteiger charge is -2.38. The van der Waals surface area contributed by atoms with E-state index in [0.717, 1.165) is 5.56 Å². The second-order valence-electron chi connectivity index (χ2n) is 7.50. The average molecular weight is 412 g/mol. The molecule has 1 N–H and O–H groups in total. The summed E-state index contributed by atoms with van der Waals surface area (Å²) in [5, 5.41) is 11.6. The number of halogens is 1. The number of piperidine rings is 1. The molecule has 0 unspecified atom stereocenters. The molecule has 0 spiro atoms. The van der Waals surface area contributed by atoms with Gasteiger partial charge in [0.05, 0.1) is 16.6 Å². The fourth-order valence-electron chi connectivity index (χ4n) is 3.89. The molecule has 7 heteroatoms. The molecule has 1 aromatic heterocycles. The minimum atomic E-state index is -0.974. The van der Waals surface area contributed by atoms with Crippen LogP contribution in [-0.2, 0) is 16.9 Å². The number of aliphatic hydroxyl groups is 1. The van der Waals surface area contributed by atoms with Crippen molar-refractivity contribution in [1.29, 1.82) is 0 Å². The van der Waals surface area contributed by atoms with Gasteiger partial charge in [-0.2, -0.15) is 0 Å². The Morgan fingerprint density at radius 3 is 2.48 bits per heavy atom. The van der Waals surface area contributed by atoms with Gasteiger partial charge in [-0.1, -0.05) is 35.9 Å². The molecule has 1 aliphatic heterocycles. The molecule has 2 heterocycles. The molecule has 1 amide bonds. The van der Waals surface area contributed by atoms with E-state index in [1.54, 1.807) is 30.0 Å². The number of likely N-dealkylation sites (tertiary alicyclic amines) is 1. The van der Waals surface area contributed by atoms with Gasteiger partial charge in [0.25, 0.3) is 5.56 Å². The van der Waals surface area contributed by atoms with Crippen molar-refractivity contribution in [1.82, 2.24) is 14.5 Å². The van der Waals surface area contributed by atoms with Crippen LogP contribution in [-0.4, -0.2) is 38.6 Å². The fraction of sp³-hybridized carbons (Fsp3) is 0.318. The summed E-state index contributed by atoms with van der Waals surface area (Å²) in [4.78, 5) is 31.5. The van der Waals surface area contributed by atoms with Crippen LogP contribution >= 0.6 is 11.6 Å². The number of fused-ring (bicyclic) bond motifs is 1. The van der Waals surface area contributed by atoms with E-state index in [4.69, 9.17) is 11.6 Å². The molecule has 0 aliphatic carbocycles. The molecular formula is C22H22ClN3O3. The van der Waals surface area contributed by atoms with Crippen LogP contribution in [0.1, 0.15) is 24.1 Å². The Hall–Kier alpha value is -2.70. The molecule has 6 nitrogen and oxygen atoms in total. The monoisotopic (exact) mass is 411 g/mol. The van der Waals surface area contributed by atoms with Gasteiger partial charge in [-0.15, -0.1) is 0 Å². The third-order valence-corrected chi connectivity index (χ3v) is 5.89. The lowest BCUT2D eigenvalue weighted by molar-refractivity contribution is -0.136. The van der Waals surface area contributed by atoms with Crippen LogP contribution in [0.15, 0.2) is 53.3 Å². The van der Waals surface area contributed by atoms with Crippen LogP contribution in [0.3, 0.4) is 0 Å². The molecule has 2 aromatic carbocycles. The Labute approximate surface area is 173 Å². The van der Waals surface area contributed by atoms with Gasteiger partial charge >= 0.3 is 0 Å². The van der Waals surface area contributed by atoms with Crippen molar-refractivity contribution in [3.63, 3.8) is 0 Å². The van der Waals surface area contributed by atoms with Crippen LogP contribution in [0.5, 0.6) is 0 Å². The first kappa shape index (κ1) is 19.6. The number of aryl methyl sites for hydroxylation is 1. The number of rotatable bonds is 3. The molecule has 1 aliphatic rings.